The van der Waals surface area contributed by atoms with Gasteiger partial charge in [-0.3, -0.25) is 0 Å². The Morgan fingerprint density at radius 2 is 0.805 bits per heavy atom. The average Bonchev–Trinajstić information content (AvgIpc) is 2.01. The minimum Gasteiger partial charge on any atom is -0.489 e. The first kappa shape index (κ1) is 68.6. The fourth-order valence-electron chi connectivity index (χ4n) is 9.41. The minimum atomic E-state index is -0.678. The molecule has 0 saturated carbocycles. The van der Waals surface area contributed by atoms with Crippen molar-refractivity contribution in [3.8, 4) is 16.9 Å². The Balaban J connectivity index is 1.17. The first-order valence-electron chi connectivity index (χ1n) is 29.3. The van der Waals surface area contributed by atoms with Crippen LogP contribution in [0, 0.1) is 13.8 Å². The quantitative estimate of drug-likeness (QED) is 0.0311. The Labute approximate surface area is 489 Å². The molecule has 0 saturated heterocycles. The van der Waals surface area contributed by atoms with Crippen molar-refractivity contribution in [2.24, 2.45) is 0 Å². The van der Waals surface area contributed by atoms with E-state index in [2.05, 4.69) is 113 Å². The smallest absolute Gasteiger partial charge is 0.143 e. The van der Waals surface area contributed by atoms with Gasteiger partial charge in [-0.15, -0.1) is 0 Å². The van der Waals surface area contributed by atoms with E-state index >= 15 is 0 Å². The normalized spacial score (nSPS) is 12.8. The van der Waals surface area contributed by atoms with Crippen LogP contribution in [0.3, 0.4) is 0 Å². The predicted octanol–water partition coefficient (Wildman–Crippen LogP) is 7.06. The Bertz CT molecular complexity index is 2280. The molecule has 18 heteroatoms. The lowest BCUT2D eigenvalue weighted by Gasteiger charge is -2.36. The number of nitrogens with zero attached hydrogens (tertiary/aromatic N) is 2. The molecule has 0 aromatic heterocycles. The maximum Gasteiger partial charge on any atom is 0.143 e. The van der Waals surface area contributed by atoms with Crippen molar-refractivity contribution in [1.29, 1.82) is 0 Å². The molecule has 0 spiro atoms. The van der Waals surface area contributed by atoms with E-state index < -0.39 is 5.41 Å². The van der Waals surface area contributed by atoms with Crippen LogP contribution >= 0.6 is 0 Å². The van der Waals surface area contributed by atoms with Crippen LogP contribution in [0.25, 0.3) is 11.1 Å². The van der Waals surface area contributed by atoms with E-state index in [1.54, 1.807) is 7.11 Å². The first-order chi connectivity index (χ1) is 40.0. The Hall–Kier alpha value is -4.16. The van der Waals surface area contributed by atoms with Gasteiger partial charge in [-0.05, 0) is 71.8 Å². The molecular formula is C64H99N2O16+. The zero-order valence-electron chi connectivity index (χ0n) is 50.8. The number of quaternary nitrogens is 1. The maximum atomic E-state index is 8.73. The van der Waals surface area contributed by atoms with Gasteiger partial charge in [0, 0.05) is 26.8 Å². The molecule has 5 rings (SSSR count). The van der Waals surface area contributed by atoms with E-state index in [-0.39, 0.29) is 6.61 Å². The van der Waals surface area contributed by atoms with E-state index in [9.17, 15) is 0 Å². The van der Waals surface area contributed by atoms with Gasteiger partial charge in [0.05, 0.1) is 217 Å². The Kier molecular flexibility index (Phi) is 33.6. The number of benzene rings is 4. The van der Waals surface area contributed by atoms with Crippen molar-refractivity contribution in [2.45, 2.75) is 39.3 Å². The second-order valence-electron chi connectivity index (χ2n) is 20.8. The van der Waals surface area contributed by atoms with Gasteiger partial charge in [0.2, 0.25) is 0 Å². The topological polar surface area (TPSA) is 162 Å². The van der Waals surface area contributed by atoms with Crippen molar-refractivity contribution >= 4 is 5.69 Å². The first-order valence-corrected chi connectivity index (χ1v) is 29.3. The lowest BCUT2D eigenvalue weighted by molar-refractivity contribution is -0.901. The van der Waals surface area contributed by atoms with Crippen molar-refractivity contribution in [3.63, 3.8) is 0 Å². The molecular weight excluding hydrogens is 1050 g/mol. The summed E-state index contributed by atoms with van der Waals surface area (Å²) in [5, 5.41) is 8.73. The van der Waals surface area contributed by atoms with Gasteiger partial charge in [0.1, 0.15) is 18.9 Å². The Morgan fingerprint density at radius 1 is 0.427 bits per heavy atom. The van der Waals surface area contributed by atoms with Gasteiger partial charge in [-0.2, -0.15) is 0 Å². The summed E-state index contributed by atoms with van der Waals surface area (Å²) < 4.78 is 86.3. The number of hydrogen-bond donors (Lipinski definition) is 1. The molecule has 1 aliphatic carbocycles. The molecule has 82 heavy (non-hydrogen) atoms. The van der Waals surface area contributed by atoms with E-state index in [0.29, 0.717) is 185 Å². The van der Waals surface area contributed by atoms with Crippen molar-refractivity contribution < 1.29 is 80.6 Å². The number of rotatable bonds is 50. The van der Waals surface area contributed by atoms with Gasteiger partial charge >= 0.3 is 0 Å². The highest BCUT2D eigenvalue weighted by Crippen LogP contribution is 2.57. The summed E-state index contributed by atoms with van der Waals surface area (Å²) in [6.45, 7) is 21.7. The monoisotopic (exact) mass is 1150 g/mol. The average molecular weight is 1150 g/mol. The molecule has 0 radical (unpaired) electrons. The second kappa shape index (κ2) is 40.2. The fraction of sp³-hybridized carbons (Fsp3) is 0.625. The lowest BCUT2D eigenvalue weighted by Crippen LogP contribution is -2.38. The third-order valence-corrected chi connectivity index (χ3v) is 13.9. The maximum absolute atomic E-state index is 8.73. The number of aliphatic hydroxyl groups is 1. The van der Waals surface area contributed by atoms with Crippen LogP contribution in [-0.2, 0) is 84.9 Å². The summed E-state index contributed by atoms with van der Waals surface area (Å²) in [7, 11) is 10.3. The number of aliphatic hydroxyl groups excluding tert-OH is 1. The van der Waals surface area contributed by atoms with E-state index in [1.807, 2.05) is 14.1 Å². The van der Waals surface area contributed by atoms with Crippen LogP contribution in [0.4, 0.5) is 5.69 Å². The van der Waals surface area contributed by atoms with Crippen LogP contribution in [0.2, 0.25) is 0 Å². The SMILES string of the molecule is CC[N+](C)(C)Cc1ccc(C2(c3ccc(N(C)C)c(OCCOCCOCCOCCOCCOCCOCCOC)c3)c3cc(C)ccc3-c3ccc(C)cc32)cc1COCCOCCOCCOCCOCCOCCOCCO. The molecule has 0 atom stereocenters. The number of fused-ring (bicyclic) bond motifs is 3. The Morgan fingerprint density at radius 3 is 1.21 bits per heavy atom. The highest BCUT2D eigenvalue weighted by molar-refractivity contribution is 5.87. The number of ether oxygens (including phenoxy) is 15. The molecule has 18 nitrogen and oxygen atoms in total. The third-order valence-electron chi connectivity index (χ3n) is 13.9. The molecule has 4 aromatic rings. The van der Waals surface area contributed by atoms with E-state index in [0.717, 1.165) is 40.1 Å². The fourth-order valence-corrected chi connectivity index (χ4v) is 9.41. The third kappa shape index (κ3) is 23.7. The zero-order valence-corrected chi connectivity index (χ0v) is 50.8. The molecule has 1 N–H and O–H groups in total. The summed E-state index contributed by atoms with van der Waals surface area (Å²) in [6.07, 6.45) is 0. The van der Waals surface area contributed by atoms with Crippen LogP contribution in [0.15, 0.2) is 72.8 Å². The highest BCUT2D eigenvalue weighted by Gasteiger charge is 2.47. The van der Waals surface area contributed by atoms with Crippen LogP contribution in [0.5, 0.6) is 5.75 Å². The van der Waals surface area contributed by atoms with Crippen molar-refractivity contribution in [2.75, 3.05) is 232 Å². The molecule has 1 aliphatic rings. The van der Waals surface area contributed by atoms with Gasteiger partial charge in [-0.25, -0.2) is 0 Å². The molecule has 460 valence electrons. The molecule has 4 aromatic carbocycles. The summed E-state index contributed by atoms with van der Waals surface area (Å²) >= 11 is 0. The van der Waals surface area contributed by atoms with Gasteiger partial charge in [0.25, 0.3) is 0 Å². The van der Waals surface area contributed by atoms with E-state index in [1.165, 1.54) is 44.5 Å². The second-order valence-corrected chi connectivity index (χ2v) is 20.8. The van der Waals surface area contributed by atoms with Crippen molar-refractivity contribution in [1.82, 2.24) is 0 Å². The summed E-state index contributed by atoms with van der Waals surface area (Å²) in [5.41, 5.74) is 12.3. The van der Waals surface area contributed by atoms with Gasteiger partial charge < -0.3 is 85.5 Å². The van der Waals surface area contributed by atoms with Gasteiger partial charge in [-0.1, -0.05) is 71.8 Å². The van der Waals surface area contributed by atoms with Crippen molar-refractivity contribution in [3.05, 3.63) is 117 Å². The standard InChI is InChI=1S/C64H99N2O16/c1-9-66(6,7)50-54-12-13-56(48-55(54)51-81-43-42-79-39-38-77-35-34-75-31-30-73-27-26-71-23-22-69-19-18-67)64(60-46-52(2)10-15-58(60)59-16-11-53(3)47-61(59)64)57-14-17-62(65(4)5)63(49-57)82-45-44-80-41-40-78-37-36-76-33-32-74-29-28-72-25-24-70-21-20-68-8/h10-17,46-49,67H,9,18-45,50-51H2,1-8H3/q+1. The van der Waals surface area contributed by atoms with Crippen LogP contribution in [0.1, 0.15) is 51.4 Å². The lowest BCUT2D eigenvalue weighted by atomic mass is 9.66. The number of aryl methyl sites for hydroxylation is 2. The van der Waals surface area contributed by atoms with Crippen LogP contribution < -0.4 is 9.64 Å². The molecule has 0 heterocycles. The molecule has 0 fully saturated rings. The number of methoxy groups -OCH3 is 1. The molecule has 0 amide bonds. The largest absolute Gasteiger partial charge is 0.489 e. The van der Waals surface area contributed by atoms with Gasteiger partial charge in [0.15, 0.2) is 0 Å². The predicted molar refractivity (Wildman–Crippen MR) is 318 cm³/mol. The van der Waals surface area contributed by atoms with Crippen LogP contribution in [-0.4, -0.2) is 236 Å². The highest BCUT2D eigenvalue weighted by atomic mass is 16.6. The van der Waals surface area contributed by atoms with E-state index in [4.69, 9.17) is 76.2 Å². The molecule has 0 aliphatic heterocycles. The zero-order chi connectivity index (χ0) is 58.5. The summed E-state index contributed by atoms with van der Waals surface area (Å²) in [4.78, 5) is 2.10. The summed E-state index contributed by atoms with van der Waals surface area (Å²) in [5.74, 6) is 0.785. The molecule has 0 unspecified atom stereocenters. The molecule has 0 bridgehead atoms. The minimum absolute atomic E-state index is 0.0133. The number of hydrogen-bond acceptors (Lipinski definition) is 17. The summed E-state index contributed by atoms with van der Waals surface area (Å²) in [6, 6.07) is 27.5. The number of anilines is 1.